The maximum atomic E-state index is 12.4. The minimum absolute atomic E-state index is 0.109. The summed E-state index contributed by atoms with van der Waals surface area (Å²) in [5.41, 5.74) is 9.82. The Kier molecular flexibility index (Phi) is 4.68. The molecule has 2 aromatic carbocycles. The fraction of sp³-hybridized carbons (Fsp3) is 0.333. The molecule has 0 radical (unpaired) electrons. The molecule has 1 atom stereocenters. The summed E-state index contributed by atoms with van der Waals surface area (Å²) < 4.78 is 27.7. The van der Waals surface area contributed by atoms with Crippen LogP contribution in [0.1, 0.15) is 35.6 Å². The van der Waals surface area contributed by atoms with Gasteiger partial charge < -0.3 is 5.73 Å². The van der Waals surface area contributed by atoms with Crippen LogP contribution in [0.5, 0.6) is 0 Å². The van der Waals surface area contributed by atoms with Crippen molar-refractivity contribution in [1.82, 2.24) is 4.72 Å². The lowest BCUT2D eigenvalue weighted by atomic mass is 9.88. The minimum atomic E-state index is -3.31. The molecule has 0 bridgehead atoms. The van der Waals surface area contributed by atoms with Gasteiger partial charge in [0, 0.05) is 11.7 Å². The standard InChI is InChI=1S/C18H22N2O2S/c19-16-9-10-17-15(13-16)7-4-8-18(17)20-23(21,22)12-11-14-5-2-1-3-6-14/h1-3,5-6,9-10,13,18,20H,4,7-8,11-12,19H2. The van der Waals surface area contributed by atoms with E-state index in [4.69, 9.17) is 5.73 Å². The van der Waals surface area contributed by atoms with Crippen LogP contribution in [0.4, 0.5) is 5.69 Å². The third-order valence-electron chi connectivity index (χ3n) is 4.31. The van der Waals surface area contributed by atoms with E-state index >= 15 is 0 Å². The average molecular weight is 330 g/mol. The first kappa shape index (κ1) is 16.0. The fourth-order valence-corrected chi connectivity index (χ4v) is 4.43. The Hall–Kier alpha value is -1.85. The molecule has 1 unspecified atom stereocenters. The van der Waals surface area contributed by atoms with Crippen LogP contribution in [0.2, 0.25) is 0 Å². The van der Waals surface area contributed by atoms with Crippen molar-refractivity contribution in [3.8, 4) is 0 Å². The fourth-order valence-electron chi connectivity index (χ4n) is 3.13. The van der Waals surface area contributed by atoms with Crippen LogP contribution in [0.3, 0.4) is 0 Å². The van der Waals surface area contributed by atoms with Gasteiger partial charge in [-0.2, -0.15) is 0 Å². The smallest absolute Gasteiger partial charge is 0.212 e. The van der Waals surface area contributed by atoms with Crippen molar-refractivity contribution in [3.63, 3.8) is 0 Å². The summed E-state index contributed by atoms with van der Waals surface area (Å²) in [6, 6.07) is 15.3. The topological polar surface area (TPSA) is 72.2 Å². The highest BCUT2D eigenvalue weighted by Gasteiger charge is 2.24. The first-order valence-electron chi connectivity index (χ1n) is 7.96. The Labute approximate surface area is 137 Å². The number of aryl methyl sites for hydroxylation is 2. The molecule has 0 saturated carbocycles. The van der Waals surface area contributed by atoms with Crippen LogP contribution in [0.15, 0.2) is 48.5 Å². The normalized spacial score (nSPS) is 17.7. The van der Waals surface area contributed by atoms with E-state index in [2.05, 4.69) is 4.72 Å². The number of hydrogen-bond acceptors (Lipinski definition) is 3. The lowest BCUT2D eigenvalue weighted by Gasteiger charge is -2.26. The summed E-state index contributed by atoms with van der Waals surface area (Å²) in [7, 11) is -3.31. The second-order valence-electron chi connectivity index (χ2n) is 6.08. The third kappa shape index (κ3) is 4.12. The van der Waals surface area contributed by atoms with Crippen molar-refractivity contribution in [3.05, 3.63) is 65.2 Å². The zero-order valence-corrected chi connectivity index (χ0v) is 13.9. The van der Waals surface area contributed by atoms with Crippen molar-refractivity contribution in [2.45, 2.75) is 31.7 Å². The molecular weight excluding hydrogens is 308 g/mol. The van der Waals surface area contributed by atoms with Crippen LogP contribution >= 0.6 is 0 Å². The molecule has 0 heterocycles. The van der Waals surface area contributed by atoms with Gasteiger partial charge in [0.25, 0.3) is 0 Å². The van der Waals surface area contributed by atoms with Crippen molar-refractivity contribution in [1.29, 1.82) is 0 Å². The monoisotopic (exact) mass is 330 g/mol. The number of fused-ring (bicyclic) bond motifs is 1. The maximum Gasteiger partial charge on any atom is 0.212 e. The molecule has 1 aliphatic rings. The Morgan fingerprint density at radius 2 is 1.91 bits per heavy atom. The number of anilines is 1. The van der Waals surface area contributed by atoms with Gasteiger partial charge in [0.05, 0.1) is 5.75 Å². The number of nitrogen functional groups attached to an aromatic ring is 1. The molecule has 23 heavy (non-hydrogen) atoms. The van der Waals surface area contributed by atoms with Gasteiger partial charge in [0.2, 0.25) is 10.0 Å². The first-order chi connectivity index (χ1) is 11.0. The second-order valence-corrected chi connectivity index (χ2v) is 7.95. The van der Waals surface area contributed by atoms with Gasteiger partial charge in [0.1, 0.15) is 0 Å². The molecule has 0 fully saturated rings. The lowest BCUT2D eigenvalue weighted by Crippen LogP contribution is -2.33. The largest absolute Gasteiger partial charge is 0.399 e. The van der Waals surface area contributed by atoms with Gasteiger partial charge in [-0.15, -0.1) is 0 Å². The molecule has 3 N–H and O–H groups in total. The number of hydrogen-bond donors (Lipinski definition) is 2. The van der Waals surface area contributed by atoms with Gasteiger partial charge in [-0.1, -0.05) is 36.4 Å². The quantitative estimate of drug-likeness (QED) is 0.828. The Morgan fingerprint density at radius 3 is 2.70 bits per heavy atom. The number of benzene rings is 2. The summed E-state index contributed by atoms with van der Waals surface area (Å²) >= 11 is 0. The van der Waals surface area contributed by atoms with Gasteiger partial charge in [-0.05, 0) is 54.5 Å². The van der Waals surface area contributed by atoms with Gasteiger partial charge in [-0.3, -0.25) is 0 Å². The van der Waals surface area contributed by atoms with E-state index in [0.29, 0.717) is 6.42 Å². The number of rotatable bonds is 5. The summed E-state index contributed by atoms with van der Waals surface area (Å²) in [6.45, 7) is 0. The van der Waals surface area contributed by atoms with E-state index in [1.807, 2.05) is 48.5 Å². The predicted octanol–water partition coefficient (Wildman–Crippen LogP) is 2.81. The molecule has 3 rings (SSSR count). The minimum Gasteiger partial charge on any atom is -0.399 e. The molecule has 0 aromatic heterocycles. The van der Waals surface area contributed by atoms with E-state index in [-0.39, 0.29) is 11.8 Å². The highest BCUT2D eigenvalue weighted by Crippen LogP contribution is 2.31. The van der Waals surface area contributed by atoms with Crippen molar-refractivity contribution < 1.29 is 8.42 Å². The molecular formula is C18H22N2O2S. The van der Waals surface area contributed by atoms with E-state index in [1.165, 1.54) is 0 Å². The number of nitrogens with two attached hydrogens (primary N) is 1. The highest BCUT2D eigenvalue weighted by atomic mass is 32.2. The van der Waals surface area contributed by atoms with Gasteiger partial charge in [-0.25, -0.2) is 13.1 Å². The summed E-state index contributed by atoms with van der Waals surface area (Å²) in [5.74, 6) is 0.109. The molecule has 0 aliphatic heterocycles. The molecule has 1 aliphatic carbocycles. The number of sulfonamides is 1. The maximum absolute atomic E-state index is 12.4. The molecule has 5 heteroatoms. The lowest BCUT2D eigenvalue weighted by molar-refractivity contribution is 0.507. The highest BCUT2D eigenvalue weighted by molar-refractivity contribution is 7.89. The number of nitrogens with one attached hydrogen (secondary N) is 1. The van der Waals surface area contributed by atoms with E-state index in [9.17, 15) is 8.42 Å². The van der Waals surface area contributed by atoms with Crippen LogP contribution in [-0.4, -0.2) is 14.2 Å². The van der Waals surface area contributed by atoms with Gasteiger partial charge in [0.15, 0.2) is 0 Å². The van der Waals surface area contributed by atoms with Crippen LogP contribution in [0, 0.1) is 0 Å². The Morgan fingerprint density at radius 1 is 1.13 bits per heavy atom. The molecule has 0 amide bonds. The zero-order chi connectivity index (χ0) is 16.3. The molecule has 2 aromatic rings. The van der Waals surface area contributed by atoms with Crippen molar-refractivity contribution in [2.24, 2.45) is 0 Å². The van der Waals surface area contributed by atoms with E-state index in [1.54, 1.807) is 0 Å². The molecule has 4 nitrogen and oxygen atoms in total. The summed E-state index contributed by atoms with van der Waals surface area (Å²) in [6.07, 6.45) is 3.30. The molecule has 0 spiro atoms. The summed E-state index contributed by atoms with van der Waals surface area (Å²) in [5, 5.41) is 0. The SMILES string of the molecule is Nc1ccc2c(c1)CCCC2NS(=O)(=O)CCc1ccccc1. The zero-order valence-electron chi connectivity index (χ0n) is 13.0. The molecule has 0 saturated heterocycles. The van der Waals surface area contributed by atoms with E-state index < -0.39 is 10.0 Å². The van der Waals surface area contributed by atoms with Gasteiger partial charge >= 0.3 is 0 Å². The van der Waals surface area contributed by atoms with Crippen molar-refractivity contribution in [2.75, 3.05) is 11.5 Å². The Bertz CT molecular complexity index is 773. The summed E-state index contributed by atoms with van der Waals surface area (Å²) in [4.78, 5) is 0. The van der Waals surface area contributed by atoms with Crippen LogP contribution < -0.4 is 10.5 Å². The van der Waals surface area contributed by atoms with Crippen LogP contribution in [0.25, 0.3) is 0 Å². The second kappa shape index (κ2) is 6.72. The van der Waals surface area contributed by atoms with Crippen molar-refractivity contribution >= 4 is 15.7 Å². The van der Waals surface area contributed by atoms with Crippen LogP contribution in [-0.2, 0) is 22.9 Å². The Balaban J connectivity index is 1.69. The predicted molar refractivity (Wildman–Crippen MR) is 93.6 cm³/mol. The van der Waals surface area contributed by atoms with E-state index in [0.717, 1.165) is 41.6 Å². The third-order valence-corrected chi connectivity index (χ3v) is 5.69. The first-order valence-corrected chi connectivity index (χ1v) is 9.61. The average Bonchev–Trinajstić information content (AvgIpc) is 2.54. The molecule has 122 valence electrons.